The van der Waals surface area contributed by atoms with Crippen molar-refractivity contribution < 1.29 is 22.4 Å². The van der Waals surface area contributed by atoms with Crippen LogP contribution < -0.4 is 5.32 Å². The van der Waals surface area contributed by atoms with Crippen LogP contribution in [0.3, 0.4) is 0 Å². The molecule has 0 unspecified atom stereocenters. The quantitative estimate of drug-likeness (QED) is 0.208. The van der Waals surface area contributed by atoms with Crippen molar-refractivity contribution in [3.8, 4) is 5.69 Å². The SMILES string of the molecule is O=C(NCc1nnc(SCc2ccc(Br)cc2)n1-c1ccc(F)cc1)c1ccccc1C(F)(F)F. The van der Waals surface area contributed by atoms with Gasteiger partial charge in [-0.1, -0.05) is 52.0 Å². The van der Waals surface area contributed by atoms with Gasteiger partial charge in [-0.2, -0.15) is 13.2 Å². The van der Waals surface area contributed by atoms with Crippen molar-refractivity contribution in [2.24, 2.45) is 0 Å². The molecule has 35 heavy (non-hydrogen) atoms. The molecule has 11 heteroatoms. The highest BCUT2D eigenvalue weighted by Crippen LogP contribution is 2.32. The van der Waals surface area contributed by atoms with E-state index in [-0.39, 0.29) is 12.4 Å². The molecule has 0 aliphatic rings. The van der Waals surface area contributed by atoms with E-state index in [0.717, 1.165) is 22.2 Å². The first kappa shape index (κ1) is 24.9. The number of carbonyl (C=O) groups excluding carboxylic acids is 1. The average molecular weight is 565 g/mol. The summed E-state index contributed by atoms with van der Waals surface area (Å²) in [6.07, 6.45) is -4.67. The Kier molecular flexibility index (Phi) is 7.56. The Labute approximate surface area is 210 Å². The summed E-state index contributed by atoms with van der Waals surface area (Å²) in [6, 6.07) is 17.9. The highest BCUT2D eigenvalue weighted by atomic mass is 79.9. The molecule has 1 aromatic heterocycles. The van der Waals surface area contributed by atoms with Crippen LogP contribution in [0.1, 0.15) is 27.3 Å². The third-order valence-electron chi connectivity index (χ3n) is 4.95. The van der Waals surface area contributed by atoms with Crippen LogP contribution >= 0.6 is 27.7 Å². The molecule has 0 bridgehead atoms. The van der Waals surface area contributed by atoms with Gasteiger partial charge in [-0.05, 0) is 54.1 Å². The number of hydrogen-bond donors (Lipinski definition) is 1. The summed E-state index contributed by atoms with van der Waals surface area (Å²) in [4.78, 5) is 12.6. The lowest BCUT2D eigenvalue weighted by Gasteiger charge is -2.13. The fraction of sp³-hybridized carbons (Fsp3) is 0.125. The number of amides is 1. The molecule has 1 amide bonds. The van der Waals surface area contributed by atoms with Crippen molar-refractivity contribution in [3.05, 3.63) is 106 Å². The molecule has 3 aromatic carbocycles. The number of rotatable bonds is 7. The predicted molar refractivity (Wildman–Crippen MR) is 128 cm³/mol. The Morgan fingerprint density at radius 2 is 1.66 bits per heavy atom. The van der Waals surface area contributed by atoms with E-state index in [2.05, 4.69) is 31.4 Å². The Balaban J connectivity index is 1.58. The second-order valence-corrected chi connectivity index (χ2v) is 9.21. The van der Waals surface area contributed by atoms with Crippen molar-refractivity contribution in [2.45, 2.75) is 23.6 Å². The number of nitrogens with one attached hydrogen (secondary N) is 1. The summed E-state index contributed by atoms with van der Waals surface area (Å²) >= 11 is 4.77. The molecule has 5 nitrogen and oxygen atoms in total. The highest BCUT2D eigenvalue weighted by Gasteiger charge is 2.34. The molecule has 4 aromatic rings. The van der Waals surface area contributed by atoms with Gasteiger partial charge in [-0.15, -0.1) is 10.2 Å². The minimum absolute atomic E-state index is 0.186. The van der Waals surface area contributed by atoms with Gasteiger partial charge in [0.15, 0.2) is 11.0 Å². The van der Waals surface area contributed by atoms with E-state index < -0.39 is 29.0 Å². The number of halogens is 5. The van der Waals surface area contributed by atoms with Gasteiger partial charge in [0.2, 0.25) is 0 Å². The van der Waals surface area contributed by atoms with Gasteiger partial charge < -0.3 is 5.32 Å². The van der Waals surface area contributed by atoms with Crippen LogP contribution in [-0.2, 0) is 18.5 Å². The molecule has 4 rings (SSSR count). The first-order valence-electron chi connectivity index (χ1n) is 10.2. The predicted octanol–water partition coefficient (Wildman–Crippen LogP) is 6.41. The van der Waals surface area contributed by atoms with Crippen LogP contribution in [-0.4, -0.2) is 20.7 Å². The molecule has 180 valence electrons. The monoisotopic (exact) mass is 564 g/mol. The topological polar surface area (TPSA) is 59.8 Å². The van der Waals surface area contributed by atoms with Crippen molar-refractivity contribution in [1.82, 2.24) is 20.1 Å². The molecule has 0 saturated heterocycles. The molecule has 0 radical (unpaired) electrons. The third kappa shape index (κ3) is 6.09. The van der Waals surface area contributed by atoms with Crippen LogP contribution in [0.4, 0.5) is 17.6 Å². The van der Waals surface area contributed by atoms with Crippen LogP contribution in [0, 0.1) is 5.82 Å². The van der Waals surface area contributed by atoms with E-state index in [9.17, 15) is 22.4 Å². The van der Waals surface area contributed by atoms with Gasteiger partial charge in [-0.3, -0.25) is 9.36 Å². The second-order valence-electron chi connectivity index (χ2n) is 7.35. The molecule has 0 fully saturated rings. The standard InChI is InChI=1S/C24H17BrF4N4OS/c25-16-7-5-15(6-8-16)14-35-23-32-31-21(33(23)18-11-9-17(26)10-12-18)13-30-22(34)19-3-1-2-4-20(19)24(27,28)29/h1-12H,13-14H2,(H,30,34). The Bertz CT molecular complexity index is 1320. The van der Waals surface area contributed by atoms with E-state index in [1.165, 1.54) is 48.2 Å². The number of carbonyl (C=O) groups is 1. The van der Waals surface area contributed by atoms with E-state index in [1.807, 2.05) is 24.3 Å². The van der Waals surface area contributed by atoms with E-state index in [4.69, 9.17) is 0 Å². The number of hydrogen-bond acceptors (Lipinski definition) is 4. The average Bonchev–Trinajstić information content (AvgIpc) is 3.25. The lowest BCUT2D eigenvalue weighted by atomic mass is 10.1. The molecular formula is C24H17BrF4N4OS. The Morgan fingerprint density at radius 1 is 0.971 bits per heavy atom. The largest absolute Gasteiger partial charge is 0.417 e. The molecule has 0 spiro atoms. The summed E-state index contributed by atoms with van der Waals surface area (Å²) in [6.45, 7) is -0.186. The Morgan fingerprint density at radius 3 is 2.34 bits per heavy atom. The fourth-order valence-corrected chi connectivity index (χ4v) is 4.46. The van der Waals surface area contributed by atoms with Crippen LogP contribution in [0.15, 0.2) is 82.4 Å². The summed E-state index contributed by atoms with van der Waals surface area (Å²) in [5.74, 6) is -0.467. The van der Waals surface area contributed by atoms with Crippen LogP contribution in [0.2, 0.25) is 0 Å². The van der Waals surface area contributed by atoms with Gasteiger partial charge in [-0.25, -0.2) is 4.39 Å². The maximum Gasteiger partial charge on any atom is 0.417 e. The molecule has 0 aliphatic heterocycles. The van der Waals surface area contributed by atoms with Crippen molar-refractivity contribution >= 4 is 33.6 Å². The van der Waals surface area contributed by atoms with E-state index in [1.54, 1.807) is 4.57 Å². The highest BCUT2D eigenvalue weighted by molar-refractivity contribution is 9.10. The lowest BCUT2D eigenvalue weighted by Crippen LogP contribution is -2.27. The maximum absolute atomic E-state index is 13.5. The number of benzene rings is 3. The zero-order valence-electron chi connectivity index (χ0n) is 17.9. The summed E-state index contributed by atoms with van der Waals surface area (Å²) < 4.78 is 56.0. The third-order valence-corrected chi connectivity index (χ3v) is 6.48. The number of aromatic nitrogens is 3. The van der Waals surface area contributed by atoms with Gasteiger partial charge in [0.05, 0.1) is 17.7 Å². The Hall–Kier alpha value is -3.18. The zero-order valence-corrected chi connectivity index (χ0v) is 20.3. The maximum atomic E-state index is 13.5. The number of thioether (sulfide) groups is 1. The van der Waals surface area contributed by atoms with Gasteiger partial charge in [0.25, 0.3) is 5.91 Å². The van der Waals surface area contributed by atoms with Crippen molar-refractivity contribution in [2.75, 3.05) is 0 Å². The molecule has 1 N–H and O–H groups in total. The van der Waals surface area contributed by atoms with E-state index >= 15 is 0 Å². The molecule has 1 heterocycles. The molecular weight excluding hydrogens is 548 g/mol. The summed E-state index contributed by atoms with van der Waals surface area (Å²) in [7, 11) is 0. The van der Waals surface area contributed by atoms with Crippen molar-refractivity contribution in [1.29, 1.82) is 0 Å². The first-order valence-corrected chi connectivity index (χ1v) is 12.0. The van der Waals surface area contributed by atoms with Gasteiger partial charge >= 0.3 is 6.18 Å². The van der Waals surface area contributed by atoms with Crippen molar-refractivity contribution in [3.63, 3.8) is 0 Å². The second kappa shape index (κ2) is 10.6. The minimum Gasteiger partial charge on any atom is -0.345 e. The number of alkyl halides is 3. The lowest BCUT2D eigenvalue weighted by molar-refractivity contribution is -0.137. The van der Waals surface area contributed by atoms with Crippen LogP contribution in [0.5, 0.6) is 0 Å². The van der Waals surface area contributed by atoms with Gasteiger partial charge in [0.1, 0.15) is 5.82 Å². The summed E-state index contributed by atoms with van der Waals surface area (Å²) in [5.41, 5.74) is 0.0704. The summed E-state index contributed by atoms with van der Waals surface area (Å²) in [5, 5.41) is 11.3. The minimum atomic E-state index is -4.67. The smallest absolute Gasteiger partial charge is 0.345 e. The fourth-order valence-electron chi connectivity index (χ4n) is 3.27. The zero-order chi connectivity index (χ0) is 25.0. The van der Waals surface area contributed by atoms with E-state index in [0.29, 0.717) is 16.6 Å². The molecule has 0 aliphatic carbocycles. The number of nitrogens with zero attached hydrogens (tertiary/aromatic N) is 3. The molecule has 0 saturated carbocycles. The first-order chi connectivity index (χ1) is 16.7. The normalized spacial score (nSPS) is 11.5. The van der Waals surface area contributed by atoms with Crippen LogP contribution in [0.25, 0.3) is 5.69 Å². The van der Waals surface area contributed by atoms with Gasteiger partial charge in [0, 0.05) is 15.9 Å². The molecule has 0 atom stereocenters.